The number of aliphatic hydroxyl groups excluding tert-OH is 1. The monoisotopic (exact) mass is 463 g/mol. The van der Waals surface area contributed by atoms with E-state index in [2.05, 4.69) is 18.7 Å². The number of aliphatic hydroxyl groups is 1. The third-order valence-electron chi connectivity index (χ3n) is 10.2. The molecule has 0 amide bonds. The molecule has 8 heteroatoms. The summed E-state index contributed by atoms with van der Waals surface area (Å²) in [4.78, 5) is 4.68. The lowest BCUT2D eigenvalue weighted by molar-refractivity contribution is -0.277. The molecule has 2 heterocycles. The molecule has 3 saturated carbocycles. The van der Waals surface area contributed by atoms with E-state index < -0.39 is 34.0 Å². The predicted octanol–water partition coefficient (Wildman–Crippen LogP) is 3.25. The fourth-order valence-electron chi connectivity index (χ4n) is 8.93. The second kappa shape index (κ2) is 6.89. The Bertz CT molecular complexity index is 940. The number of fused-ring (bicyclic) bond motifs is 7. The first kappa shape index (κ1) is 22.2. The average Bonchev–Trinajstić information content (AvgIpc) is 3.46. The van der Waals surface area contributed by atoms with Gasteiger partial charge in [-0.05, 0) is 44.4 Å². The van der Waals surface area contributed by atoms with Gasteiger partial charge in [-0.25, -0.2) is 4.39 Å². The van der Waals surface area contributed by atoms with Crippen molar-refractivity contribution in [1.29, 1.82) is 0 Å². The van der Waals surface area contributed by atoms with Gasteiger partial charge in [0, 0.05) is 22.3 Å². The molecule has 33 heavy (non-hydrogen) atoms. The lowest BCUT2D eigenvalue weighted by atomic mass is 9.44. The van der Waals surface area contributed by atoms with E-state index in [-0.39, 0.29) is 44.4 Å². The van der Waals surface area contributed by atoms with Crippen LogP contribution in [0.25, 0.3) is 0 Å². The predicted molar refractivity (Wildman–Crippen MR) is 116 cm³/mol. The molecule has 5 fully saturated rings. The van der Waals surface area contributed by atoms with Crippen LogP contribution in [0.1, 0.15) is 46.5 Å². The molecule has 0 aromatic heterocycles. The highest BCUT2D eigenvalue weighted by Gasteiger charge is 2.81. The van der Waals surface area contributed by atoms with Gasteiger partial charge in [0.05, 0.1) is 6.10 Å². The number of rotatable bonds is 1. The van der Waals surface area contributed by atoms with E-state index in [1.165, 1.54) is 6.26 Å². The Morgan fingerprint density at radius 1 is 1.21 bits per heavy atom. The van der Waals surface area contributed by atoms with E-state index in [0.29, 0.717) is 6.42 Å². The van der Waals surface area contributed by atoms with Gasteiger partial charge in [0.25, 0.3) is 0 Å². The van der Waals surface area contributed by atoms with Crippen LogP contribution >= 0.6 is 0 Å². The van der Waals surface area contributed by atoms with Crippen molar-refractivity contribution in [2.75, 3.05) is 20.2 Å². The van der Waals surface area contributed by atoms with Crippen LogP contribution in [0.3, 0.4) is 0 Å². The van der Waals surface area contributed by atoms with E-state index in [1.807, 2.05) is 25.2 Å². The second-order valence-corrected chi connectivity index (χ2v) is 11.3. The Hall–Kier alpha value is -1.29. The minimum absolute atomic E-state index is 0.0137. The van der Waals surface area contributed by atoms with Crippen molar-refractivity contribution < 1.29 is 33.3 Å². The molecule has 0 bridgehead atoms. The van der Waals surface area contributed by atoms with Crippen LogP contribution in [0.5, 0.6) is 0 Å². The molecule has 2 spiro atoms. The molecule has 7 nitrogen and oxygen atoms in total. The SMILES string of the molecule is C[C@@H]1C[C@H]2[C@@H]3CCC4=C/C(=C/ON)C=C[C@]4(C)[C@@]3(F)[C@@H](O)C[C@]2(C)[C@]12OCOC21COCO1. The summed E-state index contributed by atoms with van der Waals surface area (Å²) in [5.74, 6) is 3.96. The van der Waals surface area contributed by atoms with Gasteiger partial charge in [0.1, 0.15) is 18.5 Å². The Labute approximate surface area is 193 Å². The smallest absolute Gasteiger partial charge is 0.227 e. The summed E-state index contributed by atoms with van der Waals surface area (Å²) in [6.07, 6.45) is 8.46. The third kappa shape index (κ3) is 2.35. The lowest BCUT2D eigenvalue weighted by Crippen LogP contribution is -2.71. The molecular formula is C25H34FNO6. The number of hydrogen-bond donors (Lipinski definition) is 2. The molecule has 0 aromatic rings. The lowest BCUT2D eigenvalue weighted by Gasteiger charge is -2.63. The molecule has 6 rings (SSSR count). The standard InChI is InChI=1S/C25H34FNO6/c1-15-8-19-18-5-4-17-9-16(11-33-27)6-7-21(17,2)24(18,26)20(28)10-22(19,3)25(15)23(31-14-32-25)12-29-13-30-23/h6-7,9,11,15,18-20,28H,4-5,8,10,12-14,27H2,1-3H3/b16-11+/t15-,18+,19+,20+,21+,22+,23?,24+,25-/m1/s1. The number of allylic oxidation sites excluding steroid dienone is 5. The molecule has 1 unspecified atom stereocenters. The molecule has 4 aliphatic carbocycles. The summed E-state index contributed by atoms with van der Waals surface area (Å²) in [7, 11) is 0. The fraction of sp³-hybridized carbons (Fsp3) is 0.760. The van der Waals surface area contributed by atoms with Crippen molar-refractivity contribution in [3.63, 3.8) is 0 Å². The summed E-state index contributed by atoms with van der Waals surface area (Å²) in [6, 6.07) is 0. The van der Waals surface area contributed by atoms with Crippen LogP contribution < -0.4 is 5.90 Å². The normalized spacial score (nSPS) is 56.2. The van der Waals surface area contributed by atoms with Crippen molar-refractivity contribution in [3.8, 4) is 0 Å². The van der Waals surface area contributed by atoms with E-state index in [1.54, 1.807) is 0 Å². The number of alkyl halides is 1. The maximum absolute atomic E-state index is 17.5. The van der Waals surface area contributed by atoms with Crippen LogP contribution in [0.2, 0.25) is 0 Å². The maximum atomic E-state index is 17.5. The van der Waals surface area contributed by atoms with Gasteiger partial charge in [0.2, 0.25) is 5.79 Å². The van der Waals surface area contributed by atoms with E-state index >= 15 is 4.39 Å². The highest BCUT2D eigenvalue weighted by Crippen LogP contribution is 2.74. The Balaban J connectivity index is 1.44. The van der Waals surface area contributed by atoms with Crippen molar-refractivity contribution in [2.45, 2.75) is 69.6 Å². The quantitative estimate of drug-likeness (QED) is 0.456. The van der Waals surface area contributed by atoms with E-state index in [4.69, 9.17) is 24.8 Å². The molecule has 9 atom stereocenters. The van der Waals surface area contributed by atoms with Crippen LogP contribution in [0.4, 0.5) is 4.39 Å². The van der Waals surface area contributed by atoms with Crippen molar-refractivity contribution in [2.24, 2.45) is 34.5 Å². The van der Waals surface area contributed by atoms with Crippen molar-refractivity contribution in [1.82, 2.24) is 0 Å². The van der Waals surface area contributed by atoms with Gasteiger partial charge in [-0.15, -0.1) is 0 Å². The number of hydrogen-bond acceptors (Lipinski definition) is 7. The minimum atomic E-state index is -1.79. The summed E-state index contributed by atoms with van der Waals surface area (Å²) in [5, 5.41) is 11.6. The van der Waals surface area contributed by atoms with Crippen molar-refractivity contribution in [3.05, 3.63) is 35.6 Å². The average molecular weight is 464 g/mol. The van der Waals surface area contributed by atoms with Gasteiger partial charge in [-0.1, -0.05) is 37.6 Å². The Morgan fingerprint density at radius 3 is 2.73 bits per heavy atom. The maximum Gasteiger partial charge on any atom is 0.227 e. The molecule has 2 aliphatic heterocycles. The van der Waals surface area contributed by atoms with Crippen LogP contribution in [0, 0.1) is 28.6 Å². The Morgan fingerprint density at radius 2 is 2.00 bits per heavy atom. The molecule has 3 N–H and O–H groups in total. The summed E-state index contributed by atoms with van der Waals surface area (Å²) in [6.45, 7) is 6.76. The first-order valence-corrected chi connectivity index (χ1v) is 12.0. The Kier molecular flexibility index (Phi) is 4.64. The van der Waals surface area contributed by atoms with Gasteiger partial charge in [-0.2, -0.15) is 5.90 Å². The van der Waals surface area contributed by atoms with E-state index in [9.17, 15) is 5.11 Å². The van der Waals surface area contributed by atoms with Gasteiger partial charge in [-0.3, -0.25) is 0 Å². The zero-order valence-corrected chi connectivity index (χ0v) is 19.5. The topological polar surface area (TPSA) is 92.4 Å². The molecule has 0 radical (unpaired) electrons. The fourth-order valence-corrected chi connectivity index (χ4v) is 8.93. The van der Waals surface area contributed by atoms with Gasteiger partial charge >= 0.3 is 0 Å². The zero-order valence-electron chi connectivity index (χ0n) is 19.5. The highest BCUT2D eigenvalue weighted by atomic mass is 19.1. The summed E-state index contributed by atoms with van der Waals surface area (Å²) < 4.78 is 41.7. The summed E-state index contributed by atoms with van der Waals surface area (Å²) in [5.41, 5.74) is -2.24. The van der Waals surface area contributed by atoms with Crippen molar-refractivity contribution >= 4 is 0 Å². The molecule has 6 aliphatic rings. The first-order chi connectivity index (χ1) is 15.7. The van der Waals surface area contributed by atoms with Gasteiger partial charge in [0.15, 0.2) is 19.3 Å². The number of nitrogens with two attached hydrogens (primary N) is 1. The summed E-state index contributed by atoms with van der Waals surface area (Å²) >= 11 is 0. The zero-order chi connectivity index (χ0) is 23.3. The van der Waals surface area contributed by atoms with E-state index in [0.717, 1.165) is 24.0 Å². The molecule has 0 aromatic carbocycles. The largest absolute Gasteiger partial charge is 0.419 e. The third-order valence-corrected chi connectivity index (χ3v) is 10.2. The molecule has 182 valence electrons. The van der Waals surface area contributed by atoms with Crippen LogP contribution in [-0.4, -0.2) is 48.5 Å². The van der Waals surface area contributed by atoms with Crippen LogP contribution in [-0.2, 0) is 23.8 Å². The number of ether oxygens (including phenoxy) is 4. The number of halogens is 1. The first-order valence-electron chi connectivity index (χ1n) is 12.0. The van der Waals surface area contributed by atoms with Gasteiger partial charge < -0.3 is 28.9 Å². The molecular weight excluding hydrogens is 429 g/mol. The highest BCUT2D eigenvalue weighted by molar-refractivity contribution is 5.47. The second-order valence-electron chi connectivity index (χ2n) is 11.3. The van der Waals surface area contributed by atoms with Crippen LogP contribution in [0.15, 0.2) is 35.6 Å². The minimum Gasteiger partial charge on any atom is -0.419 e. The molecule has 2 saturated heterocycles.